The van der Waals surface area contributed by atoms with E-state index in [-0.39, 0.29) is 23.1 Å². The highest BCUT2D eigenvalue weighted by Gasteiger charge is 2.12. The van der Waals surface area contributed by atoms with Crippen LogP contribution < -0.4 is 14.8 Å². The molecule has 6 nitrogen and oxygen atoms in total. The van der Waals surface area contributed by atoms with Crippen molar-refractivity contribution in [1.29, 1.82) is 0 Å². The number of thiophene rings is 1. The largest absolute Gasteiger partial charge is 0.492 e. The molecule has 4 aromatic rings. The van der Waals surface area contributed by atoms with Crippen LogP contribution in [0.2, 0.25) is 5.02 Å². The Balaban J connectivity index is 0.00000306. The number of halogens is 2. The zero-order chi connectivity index (χ0) is 22.7. The topological polar surface area (TPSA) is 87.7 Å². The molecule has 0 amide bonds. The summed E-state index contributed by atoms with van der Waals surface area (Å²) in [6.45, 7) is 1.28. The zero-order valence-corrected chi connectivity index (χ0v) is 21.0. The summed E-state index contributed by atoms with van der Waals surface area (Å²) in [6, 6.07) is 19.2. The smallest absolute Gasteiger partial charge is 0.229 e. The Morgan fingerprint density at radius 2 is 1.82 bits per heavy atom. The van der Waals surface area contributed by atoms with Gasteiger partial charge in [-0.05, 0) is 42.0 Å². The van der Waals surface area contributed by atoms with Crippen LogP contribution in [0.15, 0.2) is 60.7 Å². The highest BCUT2D eigenvalue weighted by Crippen LogP contribution is 2.35. The third-order valence-electron chi connectivity index (χ3n) is 4.91. The van der Waals surface area contributed by atoms with Gasteiger partial charge in [0.15, 0.2) is 0 Å². The van der Waals surface area contributed by atoms with Crippen LogP contribution in [0.3, 0.4) is 0 Å². The highest BCUT2D eigenvalue weighted by molar-refractivity contribution is 7.92. The van der Waals surface area contributed by atoms with Crippen LogP contribution in [0.5, 0.6) is 5.75 Å². The molecule has 1 atom stereocenters. The molecule has 0 aliphatic carbocycles. The van der Waals surface area contributed by atoms with Gasteiger partial charge in [0.1, 0.15) is 12.4 Å². The van der Waals surface area contributed by atoms with Crippen molar-refractivity contribution < 1.29 is 18.3 Å². The molecular formula is C23H24Cl2N2O4S2. The summed E-state index contributed by atoms with van der Waals surface area (Å²) in [5.41, 5.74) is 0.801. The lowest BCUT2D eigenvalue weighted by Gasteiger charge is -2.15. The summed E-state index contributed by atoms with van der Waals surface area (Å²) in [6.07, 6.45) is 0.231. The van der Waals surface area contributed by atoms with Crippen LogP contribution in [0.4, 0.5) is 5.69 Å². The van der Waals surface area contributed by atoms with E-state index >= 15 is 0 Å². The van der Waals surface area contributed by atoms with E-state index in [0.29, 0.717) is 25.3 Å². The monoisotopic (exact) mass is 526 g/mol. The van der Waals surface area contributed by atoms with Gasteiger partial charge < -0.3 is 15.2 Å². The number of rotatable bonds is 9. The van der Waals surface area contributed by atoms with Gasteiger partial charge in [-0.15, -0.1) is 23.7 Å². The van der Waals surface area contributed by atoms with Crippen molar-refractivity contribution in [3.05, 3.63) is 71.2 Å². The van der Waals surface area contributed by atoms with Crippen LogP contribution in [0.1, 0.15) is 11.7 Å². The lowest BCUT2D eigenvalue weighted by Crippen LogP contribution is -2.26. The second kappa shape index (κ2) is 10.9. The molecule has 176 valence electrons. The molecule has 0 aliphatic rings. The maximum absolute atomic E-state index is 11.5. The third kappa shape index (κ3) is 6.50. The minimum atomic E-state index is -3.46. The Bertz CT molecular complexity index is 1360. The molecule has 0 saturated carbocycles. The number of fused-ring (bicyclic) bond motifs is 3. The third-order valence-corrected chi connectivity index (χ3v) is 6.96. The van der Waals surface area contributed by atoms with Gasteiger partial charge in [-0.1, -0.05) is 35.9 Å². The van der Waals surface area contributed by atoms with Crippen LogP contribution in [0, 0.1) is 0 Å². The first-order valence-electron chi connectivity index (χ1n) is 10.0. The van der Waals surface area contributed by atoms with Crippen LogP contribution in [-0.4, -0.2) is 39.5 Å². The normalized spacial score (nSPS) is 12.5. The fourth-order valence-electron chi connectivity index (χ4n) is 3.42. The zero-order valence-electron chi connectivity index (χ0n) is 17.7. The number of sulfonamides is 1. The number of anilines is 1. The van der Waals surface area contributed by atoms with Crippen LogP contribution in [0.25, 0.3) is 20.2 Å². The van der Waals surface area contributed by atoms with E-state index in [9.17, 15) is 13.5 Å². The Labute approximate surface area is 208 Å². The van der Waals surface area contributed by atoms with Gasteiger partial charge in [0, 0.05) is 33.3 Å². The fraction of sp³-hybridized carbons (Fsp3) is 0.217. The summed E-state index contributed by atoms with van der Waals surface area (Å²) in [7, 11) is -3.46. The molecule has 0 radical (unpaired) electrons. The van der Waals surface area contributed by atoms with Crippen molar-refractivity contribution in [2.75, 3.05) is 30.7 Å². The number of hydrogen-bond donors (Lipinski definition) is 3. The van der Waals surface area contributed by atoms with Gasteiger partial charge in [-0.2, -0.15) is 0 Å². The van der Waals surface area contributed by atoms with E-state index in [2.05, 4.69) is 34.3 Å². The molecule has 0 bridgehead atoms. The van der Waals surface area contributed by atoms with Gasteiger partial charge in [-0.3, -0.25) is 4.72 Å². The predicted octanol–water partition coefficient (Wildman–Crippen LogP) is 5.20. The van der Waals surface area contributed by atoms with Crippen molar-refractivity contribution in [2.24, 2.45) is 0 Å². The molecule has 0 fully saturated rings. The van der Waals surface area contributed by atoms with Crippen molar-refractivity contribution in [3.63, 3.8) is 0 Å². The number of hydrogen-bond acceptors (Lipinski definition) is 6. The van der Waals surface area contributed by atoms with Gasteiger partial charge in [0.05, 0.1) is 23.1 Å². The molecule has 1 heterocycles. The number of ether oxygens (including phenoxy) is 1. The van der Waals surface area contributed by atoms with E-state index in [1.165, 1.54) is 26.2 Å². The van der Waals surface area contributed by atoms with Crippen LogP contribution in [-0.2, 0) is 10.0 Å². The summed E-state index contributed by atoms with van der Waals surface area (Å²) < 4.78 is 33.6. The molecule has 0 spiro atoms. The second-order valence-electron chi connectivity index (χ2n) is 7.44. The molecule has 10 heteroatoms. The lowest BCUT2D eigenvalue weighted by molar-refractivity contribution is 0.172. The SMILES string of the molecule is CS(=O)(=O)Nc1cc(C(O)CNCCOc2ccc3c(c2)sc2ccccc23)ccc1Cl.Cl. The summed E-state index contributed by atoms with van der Waals surface area (Å²) in [5.74, 6) is 0.806. The van der Waals surface area contributed by atoms with E-state index in [1.807, 2.05) is 18.2 Å². The molecule has 0 saturated heterocycles. The van der Waals surface area contributed by atoms with E-state index in [4.69, 9.17) is 16.3 Å². The first-order chi connectivity index (χ1) is 15.3. The molecular weight excluding hydrogens is 503 g/mol. The standard InChI is InChI=1S/C23H23ClN2O4S2.ClH/c1-32(28,29)26-20-12-15(6-9-19(20)24)21(27)14-25-10-11-30-16-7-8-18-17-4-2-3-5-22(17)31-23(18)13-16;/h2-9,12-13,21,25-27H,10-11,14H2,1H3;1H. The molecule has 1 unspecified atom stereocenters. The second-order valence-corrected chi connectivity index (χ2v) is 10.7. The Hall–Kier alpha value is -2.07. The van der Waals surface area contributed by atoms with E-state index in [1.54, 1.807) is 23.5 Å². The first-order valence-corrected chi connectivity index (χ1v) is 13.1. The molecule has 4 rings (SSSR count). The van der Waals surface area contributed by atoms with Gasteiger partial charge in [-0.25, -0.2) is 8.42 Å². The van der Waals surface area contributed by atoms with Gasteiger partial charge in [0.25, 0.3) is 0 Å². The Morgan fingerprint density at radius 1 is 1.06 bits per heavy atom. The molecule has 3 aromatic carbocycles. The lowest BCUT2D eigenvalue weighted by atomic mass is 10.1. The fourth-order valence-corrected chi connectivity index (χ4v) is 5.35. The maximum atomic E-state index is 11.5. The van der Waals surface area contributed by atoms with Crippen molar-refractivity contribution in [2.45, 2.75) is 6.10 Å². The first kappa shape index (κ1) is 25.6. The van der Waals surface area contributed by atoms with Crippen molar-refractivity contribution in [3.8, 4) is 5.75 Å². The minimum Gasteiger partial charge on any atom is -0.492 e. The number of aliphatic hydroxyl groups is 1. The maximum Gasteiger partial charge on any atom is 0.229 e. The van der Waals surface area contributed by atoms with Gasteiger partial charge >= 0.3 is 0 Å². The van der Waals surface area contributed by atoms with Gasteiger partial charge in [0.2, 0.25) is 10.0 Å². The number of aliphatic hydroxyl groups excluding tert-OH is 1. The van der Waals surface area contributed by atoms with Crippen molar-refractivity contribution in [1.82, 2.24) is 5.32 Å². The molecule has 33 heavy (non-hydrogen) atoms. The predicted molar refractivity (Wildman–Crippen MR) is 140 cm³/mol. The van der Waals surface area contributed by atoms with Crippen LogP contribution >= 0.6 is 35.3 Å². The van der Waals surface area contributed by atoms with Crippen molar-refractivity contribution >= 4 is 71.2 Å². The number of benzene rings is 3. The Kier molecular flexibility index (Phi) is 8.44. The number of nitrogens with one attached hydrogen (secondary N) is 2. The van der Waals surface area contributed by atoms with E-state index in [0.717, 1.165) is 12.0 Å². The molecule has 0 aliphatic heterocycles. The Morgan fingerprint density at radius 3 is 2.61 bits per heavy atom. The highest BCUT2D eigenvalue weighted by atomic mass is 35.5. The average Bonchev–Trinajstić information content (AvgIpc) is 3.11. The molecule has 3 N–H and O–H groups in total. The summed E-state index contributed by atoms with van der Waals surface area (Å²) in [4.78, 5) is 0. The molecule has 1 aromatic heterocycles. The quantitative estimate of drug-likeness (QED) is 0.261. The minimum absolute atomic E-state index is 0. The summed E-state index contributed by atoms with van der Waals surface area (Å²) in [5, 5.41) is 16.3. The average molecular weight is 527 g/mol. The van der Waals surface area contributed by atoms with E-state index < -0.39 is 16.1 Å². The summed E-state index contributed by atoms with van der Waals surface area (Å²) >= 11 is 7.78.